The number of fused-ring (bicyclic) bond motifs is 1. The van der Waals surface area contributed by atoms with Gasteiger partial charge in [0.2, 0.25) is 0 Å². The summed E-state index contributed by atoms with van der Waals surface area (Å²) in [6.07, 6.45) is 6.68. The summed E-state index contributed by atoms with van der Waals surface area (Å²) in [5.41, 5.74) is 3.16. The number of carbonyl (C=O) groups is 1. The van der Waals surface area contributed by atoms with Crippen molar-refractivity contribution in [1.29, 1.82) is 0 Å². The zero-order valence-electron chi connectivity index (χ0n) is 18.9. The molecule has 0 spiro atoms. The van der Waals surface area contributed by atoms with E-state index in [0.29, 0.717) is 5.69 Å². The van der Waals surface area contributed by atoms with Crippen molar-refractivity contribution in [2.45, 2.75) is 32.2 Å². The van der Waals surface area contributed by atoms with E-state index in [4.69, 9.17) is 4.98 Å². The van der Waals surface area contributed by atoms with E-state index >= 15 is 0 Å². The van der Waals surface area contributed by atoms with Crippen LogP contribution in [-0.2, 0) is 13.0 Å². The van der Waals surface area contributed by atoms with Crippen LogP contribution in [0.5, 0.6) is 0 Å². The fourth-order valence-corrected chi connectivity index (χ4v) is 5.80. The van der Waals surface area contributed by atoms with Gasteiger partial charge in [-0.05, 0) is 63.8 Å². The van der Waals surface area contributed by atoms with Gasteiger partial charge in [0.1, 0.15) is 0 Å². The molecule has 0 aliphatic carbocycles. The highest BCUT2D eigenvalue weighted by Gasteiger charge is 2.28. The molecule has 0 atom stereocenters. The average molecular weight is 452 g/mol. The lowest BCUT2D eigenvalue weighted by atomic mass is 9.90. The summed E-state index contributed by atoms with van der Waals surface area (Å²) in [4.78, 5) is 26.0. The molecule has 170 valence electrons. The maximum Gasteiger partial charge on any atom is 0.274 e. The SMILES string of the molecule is CN1CCCN(C(=O)c2nc3sccn3c2CN2CCC(Cc3ccccc3)CC2)CC1. The van der Waals surface area contributed by atoms with Gasteiger partial charge in [-0.25, -0.2) is 4.98 Å². The van der Waals surface area contributed by atoms with Crippen molar-refractivity contribution in [3.05, 3.63) is 58.9 Å². The normalized spacial score (nSPS) is 19.5. The predicted octanol–water partition coefficient (Wildman–Crippen LogP) is 3.63. The molecule has 7 heteroatoms. The minimum absolute atomic E-state index is 0.102. The Labute approximate surface area is 194 Å². The molecule has 0 unspecified atom stereocenters. The van der Waals surface area contributed by atoms with Crippen LogP contribution in [0.15, 0.2) is 41.9 Å². The van der Waals surface area contributed by atoms with Gasteiger partial charge in [-0.2, -0.15) is 0 Å². The number of hydrogen-bond acceptors (Lipinski definition) is 5. The van der Waals surface area contributed by atoms with E-state index in [0.717, 1.165) is 68.8 Å². The Bertz CT molecular complexity index is 1040. The number of rotatable bonds is 5. The summed E-state index contributed by atoms with van der Waals surface area (Å²) in [6.45, 7) is 6.54. The highest BCUT2D eigenvalue weighted by Crippen LogP contribution is 2.26. The van der Waals surface area contributed by atoms with Crippen molar-refractivity contribution < 1.29 is 4.79 Å². The second-order valence-corrected chi connectivity index (χ2v) is 10.2. The van der Waals surface area contributed by atoms with Crippen molar-refractivity contribution in [3.63, 3.8) is 0 Å². The lowest BCUT2D eigenvalue weighted by molar-refractivity contribution is 0.0754. The number of aromatic nitrogens is 2. The molecule has 2 aliphatic heterocycles. The number of hydrogen-bond donors (Lipinski definition) is 0. The van der Waals surface area contributed by atoms with E-state index in [9.17, 15) is 4.79 Å². The van der Waals surface area contributed by atoms with Crippen LogP contribution < -0.4 is 0 Å². The van der Waals surface area contributed by atoms with Gasteiger partial charge in [0.05, 0.1) is 5.69 Å². The molecule has 3 aromatic rings. The van der Waals surface area contributed by atoms with E-state index < -0.39 is 0 Å². The molecule has 1 aromatic carbocycles. The maximum atomic E-state index is 13.5. The largest absolute Gasteiger partial charge is 0.336 e. The number of carbonyl (C=O) groups excluding carboxylic acids is 1. The number of amides is 1. The van der Waals surface area contributed by atoms with Gasteiger partial charge in [0.25, 0.3) is 5.91 Å². The minimum Gasteiger partial charge on any atom is -0.336 e. The summed E-state index contributed by atoms with van der Waals surface area (Å²) in [5, 5.41) is 2.06. The Morgan fingerprint density at radius 1 is 1.06 bits per heavy atom. The zero-order chi connectivity index (χ0) is 21.9. The Morgan fingerprint density at radius 2 is 1.88 bits per heavy atom. The van der Waals surface area contributed by atoms with Crippen LogP contribution in [0, 0.1) is 5.92 Å². The molecule has 6 nitrogen and oxygen atoms in total. The monoisotopic (exact) mass is 451 g/mol. The molecule has 1 amide bonds. The topological polar surface area (TPSA) is 44.1 Å². The van der Waals surface area contributed by atoms with Crippen LogP contribution >= 0.6 is 11.3 Å². The van der Waals surface area contributed by atoms with Crippen LogP contribution in [0.4, 0.5) is 0 Å². The highest BCUT2D eigenvalue weighted by molar-refractivity contribution is 7.15. The van der Waals surface area contributed by atoms with Gasteiger partial charge in [0.15, 0.2) is 10.7 Å². The molecule has 4 heterocycles. The van der Waals surface area contributed by atoms with Gasteiger partial charge in [-0.15, -0.1) is 11.3 Å². The number of likely N-dealkylation sites (N-methyl/N-ethyl adjacent to an activating group) is 1. The second-order valence-electron chi connectivity index (χ2n) is 9.32. The van der Waals surface area contributed by atoms with Crippen molar-refractivity contribution in [2.24, 2.45) is 5.92 Å². The van der Waals surface area contributed by atoms with E-state index in [-0.39, 0.29) is 5.91 Å². The second kappa shape index (κ2) is 9.73. The van der Waals surface area contributed by atoms with Gasteiger partial charge in [-0.3, -0.25) is 14.1 Å². The molecule has 5 rings (SSSR count). The standard InChI is InChI=1S/C25H33N5OS/c1-27-10-5-11-29(15-14-27)24(31)23-22(30-16-17-32-25(30)26-23)19-28-12-8-21(9-13-28)18-20-6-3-2-4-7-20/h2-4,6-7,16-17,21H,5,8-15,18-19H2,1H3. The van der Waals surface area contributed by atoms with Crippen LogP contribution in [0.25, 0.3) is 4.96 Å². The van der Waals surface area contributed by atoms with Crippen molar-refractivity contribution in [2.75, 3.05) is 46.3 Å². The number of benzene rings is 1. The Balaban J connectivity index is 1.27. The molecule has 2 aromatic heterocycles. The fourth-order valence-electron chi connectivity index (χ4n) is 5.06. The lowest BCUT2D eigenvalue weighted by Crippen LogP contribution is -2.37. The van der Waals surface area contributed by atoms with E-state index in [1.807, 2.05) is 4.90 Å². The summed E-state index contributed by atoms with van der Waals surface area (Å²) in [7, 11) is 2.13. The number of likely N-dealkylation sites (tertiary alicyclic amines) is 1. The number of imidazole rings is 1. The molecule has 0 radical (unpaired) electrons. The summed E-state index contributed by atoms with van der Waals surface area (Å²) in [5.74, 6) is 0.848. The van der Waals surface area contributed by atoms with Crippen molar-refractivity contribution >= 4 is 22.2 Å². The Morgan fingerprint density at radius 3 is 2.69 bits per heavy atom. The number of nitrogens with zero attached hydrogens (tertiary/aromatic N) is 5. The maximum absolute atomic E-state index is 13.5. The average Bonchev–Trinajstić information content (AvgIpc) is 3.33. The molecule has 0 saturated carbocycles. The first-order valence-corrected chi connectivity index (χ1v) is 12.7. The Kier molecular flexibility index (Phi) is 6.57. The highest BCUT2D eigenvalue weighted by atomic mass is 32.1. The molecule has 32 heavy (non-hydrogen) atoms. The third kappa shape index (κ3) is 4.75. The van der Waals surface area contributed by atoms with Crippen LogP contribution in [0.2, 0.25) is 0 Å². The molecule has 2 fully saturated rings. The van der Waals surface area contributed by atoms with Crippen LogP contribution in [0.3, 0.4) is 0 Å². The lowest BCUT2D eigenvalue weighted by Gasteiger charge is -2.32. The van der Waals surface area contributed by atoms with Gasteiger partial charge in [-0.1, -0.05) is 30.3 Å². The summed E-state index contributed by atoms with van der Waals surface area (Å²) >= 11 is 1.61. The Hall–Kier alpha value is -2.22. The molecule has 0 bridgehead atoms. The minimum atomic E-state index is 0.102. The number of piperidine rings is 1. The first kappa shape index (κ1) is 21.6. The molecule has 2 saturated heterocycles. The number of thiazole rings is 1. The fraction of sp³-hybridized carbons (Fsp3) is 0.520. The third-order valence-electron chi connectivity index (χ3n) is 7.02. The molecular weight excluding hydrogens is 418 g/mol. The smallest absolute Gasteiger partial charge is 0.274 e. The van der Waals surface area contributed by atoms with Gasteiger partial charge >= 0.3 is 0 Å². The zero-order valence-corrected chi connectivity index (χ0v) is 19.8. The van der Waals surface area contributed by atoms with E-state index in [2.05, 4.69) is 63.2 Å². The van der Waals surface area contributed by atoms with Crippen LogP contribution in [-0.4, -0.2) is 76.3 Å². The summed E-state index contributed by atoms with van der Waals surface area (Å²) in [6, 6.07) is 10.8. The van der Waals surface area contributed by atoms with Gasteiger partial charge in [0, 0.05) is 37.8 Å². The quantitative estimate of drug-likeness (QED) is 0.594. The third-order valence-corrected chi connectivity index (χ3v) is 7.77. The van der Waals surface area contributed by atoms with E-state index in [1.165, 1.54) is 24.8 Å². The first-order chi connectivity index (χ1) is 15.7. The van der Waals surface area contributed by atoms with Crippen molar-refractivity contribution in [1.82, 2.24) is 24.1 Å². The molecule has 2 aliphatic rings. The summed E-state index contributed by atoms with van der Waals surface area (Å²) < 4.78 is 2.14. The predicted molar refractivity (Wildman–Crippen MR) is 129 cm³/mol. The van der Waals surface area contributed by atoms with Gasteiger partial charge < -0.3 is 9.80 Å². The first-order valence-electron chi connectivity index (χ1n) is 11.9. The molecule has 0 N–H and O–H groups in total. The van der Waals surface area contributed by atoms with Crippen LogP contribution in [0.1, 0.15) is 41.0 Å². The van der Waals surface area contributed by atoms with E-state index in [1.54, 1.807) is 11.3 Å². The molecular formula is C25H33N5OS. The van der Waals surface area contributed by atoms with Crippen molar-refractivity contribution in [3.8, 4) is 0 Å².